The number of esters is 1. The van der Waals surface area contributed by atoms with Gasteiger partial charge in [-0.2, -0.15) is 0 Å². The maximum Gasteiger partial charge on any atom is 0.334 e. The number of carbonyl (C=O) groups is 1. The van der Waals surface area contributed by atoms with Crippen LogP contribution in [-0.4, -0.2) is 35.1 Å². The fourth-order valence-corrected chi connectivity index (χ4v) is 2.68. The van der Waals surface area contributed by atoms with Crippen LogP contribution in [0.4, 0.5) is 0 Å². The van der Waals surface area contributed by atoms with Crippen LogP contribution in [0.2, 0.25) is 0 Å². The predicted molar refractivity (Wildman–Crippen MR) is 84.9 cm³/mol. The zero-order valence-corrected chi connectivity index (χ0v) is 13.4. The smallest absolute Gasteiger partial charge is 0.334 e. The van der Waals surface area contributed by atoms with Crippen molar-refractivity contribution in [1.29, 1.82) is 0 Å². The van der Waals surface area contributed by atoms with E-state index in [-0.39, 0.29) is 13.0 Å². The minimum absolute atomic E-state index is 0.245. The fourth-order valence-electron chi connectivity index (χ4n) is 2.68. The quantitative estimate of drug-likeness (QED) is 0.646. The van der Waals surface area contributed by atoms with Gasteiger partial charge in [-0.1, -0.05) is 0 Å². The van der Waals surface area contributed by atoms with Gasteiger partial charge in [0.15, 0.2) is 5.79 Å². The van der Waals surface area contributed by atoms with E-state index in [2.05, 4.69) is 9.97 Å². The first-order valence-electron chi connectivity index (χ1n) is 7.50. The van der Waals surface area contributed by atoms with Crippen molar-refractivity contribution in [2.75, 3.05) is 6.61 Å². The van der Waals surface area contributed by atoms with E-state index in [4.69, 9.17) is 14.1 Å². The highest BCUT2D eigenvalue weighted by molar-refractivity contribution is 6.49. The van der Waals surface area contributed by atoms with Crippen LogP contribution in [0.3, 0.4) is 0 Å². The molecule has 2 heterocycles. The van der Waals surface area contributed by atoms with Crippen LogP contribution in [0.15, 0.2) is 30.7 Å². The summed E-state index contributed by atoms with van der Waals surface area (Å²) >= 11 is 0. The lowest BCUT2D eigenvalue weighted by Gasteiger charge is -2.24. The number of aryl methyl sites for hydroxylation is 1. The number of benzene rings is 1. The first-order valence-corrected chi connectivity index (χ1v) is 7.50. The first kappa shape index (κ1) is 16.4. The molecule has 1 unspecified atom stereocenters. The summed E-state index contributed by atoms with van der Waals surface area (Å²) in [5.74, 6) is -1.36. The Bertz CT molecular complexity index is 756. The summed E-state index contributed by atoms with van der Waals surface area (Å²) in [6.45, 7) is 3.76. The van der Waals surface area contributed by atoms with Crippen molar-refractivity contribution < 1.29 is 24.0 Å². The molecule has 1 atom stereocenters. The number of aromatic nitrogens is 2. The van der Waals surface area contributed by atoms with Gasteiger partial charge < -0.3 is 19.2 Å². The van der Waals surface area contributed by atoms with Crippen molar-refractivity contribution in [3.05, 3.63) is 41.9 Å². The van der Waals surface area contributed by atoms with Gasteiger partial charge in [-0.15, -0.1) is 0 Å². The predicted octanol–water partition coefficient (Wildman–Crippen LogP) is 0.950. The molecule has 1 aliphatic heterocycles. The lowest BCUT2D eigenvalue weighted by Crippen LogP contribution is -2.31. The Balaban J connectivity index is 1.86. The Morgan fingerprint density at radius 1 is 1.42 bits per heavy atom. The molecule has 1 aromatic carbocycles. The summed E-state index contributed by atoms with van der Waals surface area (Å²) in [6.07, 6.45) is 4.30. The fraction of sp³-hybridized carbons (Fsp3) is 0.312. The van der Waals surface area contributed by atoms with Gasteiger partial charge in [0.25, 0.3) is 0 Å². The number of aliphatic hydroxyl groups is 1. The van der Waals surface area contributed by atoms with Gasteiger partial charge in [0, 0.05) is 18.0 Å². The van der Waals surface area contributed by atoms with E-state index in [1.54, 1.807) is 32.2 Å². The third-order valence-corrected chi connectivity index (χ3v) is 3.56. The van der Waals surface area contributed by atoms with Gasteiger partial charge >= 0.3 is 13.5 Å². The van der Waals surface area contributed by atoms with Crippen LogP contribution in [0.25, 0.3) is 0 Å². The Morgan fingerprint density at radius 2 is 2.25 bits per heavy atom. The third-order valence-electron chi connectivity index (χ3n) is 3.56. The SMILES string of the molecule is CCOC(=O)CC1(O)O[B]c2cc(Oc3cnccn3)cc(C)c21. The third kappa shape index (κ3) is 3.24. The van der Waals surface area contributed by atoms with E-state index < -0.39 is 11.8 Å². The molecule has 1 radical (unpaired) electrons. The van der Waals surface area contributed by atoms with Gasteiger partial charge in [-0.3, -0.25) is 9.78 Å². The number of rotatable bonds is 5. The summed E-state index contributed by atoms with van der Waals surface area (Å²) < 4.78 is 15.9. The van der Waals surface area contributed by atoms with Crippen molar-refractivity contribution >= 4 is 18.9 Å². The number of nitrogens with zero attached hydrogens (tertiary/aromatic N) is 2. The molecule has 24 heavy (non-hydrogen) atoms. The van der Waals surface area contributed by atoms with E-state index in [9.17, 15) is 9.90 Å². The molecule has 0 aliphatic carbocycles. The molecule has 0 fully saturated rings. The highest BCUT2D eigenvalue weighted by Gasteiger charge is 2.42. The molecule has 1 aromatic heterocycles. The van der Waals surface area contributed by atoms with Crippen LogP contribution < -0.4 is 10.2 Å². The van der Waals surface area contributed by atoms with Crippen LogP contribution in [0, 0.1) is 6.92 Å². The molecule has 3 rings (SSSR count). The summed E-state index contributed by atoms with van der Waals surface area (Å²) in [5, 5.41) is 10.7. The summed E-state index contributed by atoms with van der Waals surface area (Å²) in [6, 6.07) is 3.45. The number of ether oxygens (including phenoxy) is 2. The molecule has 8 heteroatoms. The lowest BCUT2D eigenvalue weighted by atomic mass is 9.83. The Kier molecular flexibility index (Phi) is 4.50. The van der Waals surface area contributed by atoms with Crippen molar-refractivity contribution in [3.8, 4) is 11.6 Å². The average Bonchev–Trinajstić information content (AvgIpc) is 2.85. The van der Waals surface area contributed by atoms with Crippen molar-refractivity contribution in [2.45, 2.75) is 26.1 Å². The van der Waals surface area contributed by atoms with Crippen molar-refractivity contribution in [2.24, 2.45) is 0 Å². The maximum atomic E-state index is 11.7. The number of hydrogen-bond donors (Lipinski definition) is 1. The van der Waals surface area contributed by atoms with E-state index in [0.29, 0.717) is 22.7 Å². The number of fused-ring (bicyclic) bond motifs is 1. The molecule has 0 bridgehead atoms. The zero-order chi connectivity index (χ0) is 17.2. The van der Waals surface area contributed by atoms with Gasteiger partial charge in [0.1, 0.15) is 12.2 Å². The Morgan fingerprint density at radius 3 is 2.96 bits per heavy atom. The minimum atomic E-state index is -1.73. The second kappa shape index (κ2) is 6.58. The molecule has 0 saturated carbocycles. The van der Waals surface area contributed by atoms with Gasteiger partial charge in [-0.25, -0.2) is 4.98 Å². The average molecular weight is 327 g/mol. The van der Waals surface area contributed by atoms with Crippen LogP contribution in [-0.2, 0) is 20.0 Å². The normalized spacial score (nSPS) is 18.6. The lowest BCUT2D eigenvalue weighted by molar-refractivity contribution is -0.174. The molecular formula is C16H16BN2O5. The van der Waals surface area contributed by atoms with Crippen molar-refractivity contribution in [1.82, 2.24) is 9.97 Å². The zero-order valence-electron chi connectivity index (χ0n) is 13.4. The number of hydrogen-bond acceptors (Lipinski definition) is 7. The monoisotopic (exact) mass is 327 g/mol. The van der Waals surface area contributed by atoms with Crippen LogP contribution in [0.5, 0.6) is 11.6 Å². The Hall–Kier alpha value is -2.45. The highest BCUT2D eigenvalue weighted by Crippen LogP contribution is 2.34. The molecule has 0 amide bonds. The molecule has 2 aromatic rings. The van der Waals surface area contributed by atoms with E-state index in [0.717, 1.165) is 5.56 Å². The van der Waals surface area contributed by atoms with Crippen LogP contribution in [0.1, 0.15) is 24.5 Å². The molecule has 0 spiro atoms. The molecule has 123 valence electrons. The second-order valence-corrected chi connectivity index (χ2v) is 5.35. The minimum Gasteiger partial charge on any atom is -0.466 e. The van der Waals surface area contributed by atoms with Gasteiger partial charge in [-0.05, 0) is 37.0 Å². The standard InChI is InChI=1S/C16H16BN2O5/c1-3-22-14(20)8-16(21)15-10(2)6-11(7-12(15)17-24-16)23-13-9-18-4-5-19-13/h4-7,9,21H,3,8H2,1-2H3. The molecule has 1 aliphatic rings. The molecule has 0 saturated heterocycles. The largest absolute Gasteiger partial charge is 0.466 e. The molecule has 7 nitrogen and oxygen atoms in total. The van der Waals surface area contributed by atoms with Gasteiger partial charge in [0.2, 0.25) is 5.88 Å². The second-order valence-electron chi connectivity index (χ2n) is 5.35. The topological polar surface area (TPSA) is 90.8 Å². The summed E-state index contributed by atoms with van der Waals surface area (Å²) in [5.41, 5.74) is 1.90. The van der Waals surface area contributed by atoms with Crippen molar-refractivity contribution in [3.63, 3.8) is 0 Å². The molecule has 1 N–H and O–H groups in total. The van der Waals surface area contributed by atoms with Crippen LogP contribution >= 0.6 is 0 Å². The molecular weight excluding hydrogens is 311 g/mol. The summed E-state index contributed by atoms with van der Waals surface area (Å²) in [4.78, 5) is 19.7. The number of carbonyl (C=O) groups excluding carboxylic acids is 1. The van der Waals surface area contributed by atoms with E-state index >= 15 is 0 Å². The maximum absolute atomic E-state index is 11.7. The van der Waals surface area contributed by atoms with E-state index in [1.807, 2.05) is 0 Å². The Labute approximate surface area is 139 Å². The van der Waals surface area contributed by atoms with Gasteiger partial charge in [0.05, 0.1) is 12.8 Å². The summed E-state index contributed by atoms with van der Waals surface area (Å²) in [7, 11) is 1.41. The highest BCUT2D eigenvalue weighted by atomic mass is 16.6. The van der Waals surface area contributed by atoms with E-state index in [1.165, 1.54) is 19.9 Å². The first-order chi connectivity index (χ1) is 11.5.